The van der Waals surface area contributed by atoms with Crippen molar-refractivity contribution in [3.8, 4) is 5.75 Å². The standard InChI is InChI=1S/C16H22N4O2/c1-3-8-22-15-6-4-14(5-7-15)12(2)20-11-13(9-16(20)21)10-18-19-17/h4-7,12-13H,3,8-11H2,1-2H3. The Bertz CT molecular complexity index is 552. The zero-order valence-electron chi connectivity index (χ0n) is 13.1. The van der Waals surface area contributed by atoms with Crippen LogP contribution in [0, 0.1) is 5.92 Å². The molecule has 6 heteroatoms. The van der Waals surface area contributed by atoms with Crippen molar-refractivity contribution < 1.29 is 9.53 Å². The Kier molecular flexibility index (Phi) is 5.67. The third-order valence-electron chi connectivity index (χ3n) is 3.94. The SMILES string of the molecule is CCCOc1ccc(C(C)N2CC(CN=[N+]=[N-])CC2=O)cc1. The van der Waals surface area contributed by atoms with E-state index in [4.69, 9.17) is 10.3 Å². The maximum atomic E-state index is 12.1. The summed E-state index contributed by atoms with van der Waals surface area (Å²) in [5, 5.41) is 3.58. The quantitative estimate of drug-likeness (QED) is 0.437. The van der Waals surface area contributed by atoms with E-state index in [2.05, 4.69) is 16.9 Å². The van der Waals surface area contributed by atoms with Crippen LogP contribution in [0.1, 0.15) is 38.3 Å². The minimum Gasteiger partial charge on any atom is -0.494 e. The minimum atomic E-state index is 0.0174. The summed E-state index contributed by atoms with van der Waals surface area (Å²) in [5.74, 6) is 1.10. The van der Waals surface area contributed by atoms with Crippen molar-refractivity contribution in [2.75, 3.05) is 19.7 Å². The van der Waals surface area contributed by atoms with Gasteiger partial charge in [-0.3, -0.25) is 4.79 Å². The lowest BCUT2D eigenvalue weighted by molar-refractivity contribution is -0.129. The lowest BCUT2D eigenvalue weighted by atomic mass is 10.1. The highest BCUT2D eigenvalue weighted by molar-refractivity contribution is 5.79. The highest BCUT2D eigenvalue weighted by Gasteiger charge is 2.32. The summed E-state index contributed by atoms with van der Waals surface area (Å²) >= 11 is 0. The molecule has 0 aromatic heterocycles. The minimum absolute atomic E-state index is 0.0174. The van der Waals surface area contributed by atoms with Gasteiger partial charge in [0.1, 0.15) is 5.75 Å². The zero-order chi connectivity index (χ0) is 15.9. The third-order valence-corrected chi connectivity index (χ3v) is 3.94. The van der Waals surface area contributed by atoms with Crippen molar-refractivity contribution in [3.63, 3.8) is 0 Å². The molecule has 0 saturated carbocycles. The predicted octanol–water partition coefficient (Wildman–Crippen LogP) is 3.70. The summed E-state index contributed by atoms with van der Waals surface area (Å²) in [5.41, 5.74) is 9.47. The first-order valence-electron chi connectivity index (χ1n) is 7.68. The van der Waals surface area contributed by atoms with Gasteiger partial charge in [0.15, 0.2) is 0 Å². The topological polar surface area (TPSA) is 78.3 Å². The molecular weight excluding hydrogens is 280 g/mol. The van der Waals surface area contributed by atoms with Crippen molar-refractivity contribution in [3.05, 3.63) is 40.3 Å². The second-order valence-electron chi connectivity index (χ2n) is 5.62. The van der Waals surface area contributed by atoms with Crippen molar-refractivity contribution in [1.82, 2.24) is 4.90 Å². The maximum absolute atomic E-state index is 12.1. The molecule has 0 bridgehead atoms. The molecule has 0 aliphatic carbocycles. The molecule has 2 unspecified atom stereocenters. The van der Waals surface area contributed by atoms with Gasteiger partial charge < -0.3 is 9.64 Å². The fourth-order valence-electron chi connectivity index (χ4n) is 2.70. The van der Waals surface area contributed by atoms with Crippen molar-refractivity contribution in [2.24, 2.45) is 11.0 Å². The zero-order valence-corrected chi connectivity index (χ0v) is 13.1. The number of rotatable bonds is 7. The van der Waals surface area contributed by atoms with Crippen LogP contribution in [-0.2, 0) is 4.79 Å². The van der Waals surface area contributed by atoms with Crippen LogP contribution in [0.5, 0.6) is 5.75 Å². The summed E-state index contributed by atoms with van der Waals surface area (Å²) in [6.45, 7) is 5.83. The Morgan fingerprint density at radius 3 is 2.82 bits per heavy atom. The summed E-state index contributed by atoms with van der Waals surface area (Å²) in [6.07, 6.45) is 1.44. The summed E-state index contributed by atoms with van der Waals surface area (Å²) in [4.78, 5) is 16.8. The first kappa shape index (κ1) is 16.2. The van der Waals surface area contributed by atoms with E-state index in [1.807, 2.05) is 36.1 Å². The van der Waals surface area contributed by atoms with Gasteiger partial charge in [-0.2, -0.15) is 0 Å². The average Bonchev–Trinajstić information content (AvgIpc) is 2.91. The molecule has 1 aromatic rings. The number of carbonyl (C=O) groups is 1. The van der Waals surface area contributed by atoms with Gasteiger partial charge in [0.25, 0.3) is 0 Å². The first-order chi connectivity index (χ1) is 10.7. The van der Waals surface area contributed by atoms with Crippen LogP contribution in [0.2, 0.25) is 0 Å². The molecule has 1 fully saturated rings. The van der Waals surface area contributed by atoms with E-state index in [-0.39, 0.29) is 17.9 Å². The molecule has 0 radical (unpaired) electrons. The van der Waals surface area contributed by atoms with Crippen LogP contribution >= 0.6 is 0 Å². The molecule has 0 spiro atoms. The monoisotopic (exact) mass is 302 g/mol. The highest BCUT2D eigenvalue weighted by Crippen LogP contribution is 2.29. The van der Waals surface area contributed by atoms with E-state index in [9.17, 15) is 4.79 Å². The van der Waals surface area contributed by atoms with Crippen LogP contribution in [0.4, 0.5) is 0 Å². The van der Waals surface area contributed by atoms with Crippen LogP contribution in [0.25, 0.3) is 10.4 Å². The van der Waals surface area contributed by atoms with E-state index >= 15 is 0 Å². The lowest BCUT2D eigenvalue weighted by Gasteiger charge is -2.25. The van der Waals surface area contributed by atoms with Gasteiger partial charge in [0.05, 0.1) is 12.6 Å². The number of carbonyl (C=O) groups excluding carboxylic acids is 1. The number of benzene rings is 1. The number of nitrogens with zero attached hydrogens (tertiary/aromatic N) is 4. The fourth-order valence-corrected chi connectivity index (χ4v) is 2.70. The molecule has 1 aliphatic rings. The lowest BCUT2D eigenvalue weighted by Crippen LogP contribution is -2.28. The van der Waals surface area contributed by atoms with Gasteiger partial charge in [-0.05, 0) is 42.5 Å². The highest BCUT2D eigenvalue weighted by atomic mass is 16.5. The molecule has 2 rings (SSSR count). The van der Waals surface area contributed by atoms with E-state index in [0.29, 0.717) is 26.1 Å². The molecule has 6 nitrogen and oxygen atoms in total. The average molecular weight is 302 g/mol. The number of hydrogen-bond donors (Lipinski definition) is 0. The second-order valence-corrected chi connectivity index (χ2v) is 5.62. The van der Waals surface area contributed by atoms with Crippen molar-refractivity contribution >= 4 is 5.91 Å². The fraction of sp³-hybridized carbons (Fsp3) is 0.562. The summed E-state index contributed by atoms with van der Waals surface area (Å²) < 4.78 is 5.57. The van der Waals surface area contributed by atoms with Crippen molar-refractivity contribution in [2.45, 2.75) is 32.7 Å². The Morgan fingerprint density at radius 2 is 2.18 bits per heavy atom. The molecule has 1 heterocycles. The van der Waals surface area contributed by atoms with Gasteiger partial charge in [-0.15, -0.1) is 0 Å². The summed E-state index contributed by atoms with van der Waals surface area (Å²) in [7, 11) is 0. The van der Waals surface area contributed by atoms with E-state index in [0.717, 1.165) is 17.7 Å². The molecule has 1 aliphatic heterocycles. The molecular formula is C16H22N4O2. The Hall–Kier alpha value is -2.20. The van der Waals surface area contributed by atoms with Gasteiger partial charge >= 0.3 is 0 Å². The van der Waals surface area contributed by atoms with E-state index in [1.165, 1.54) is 0 Å². The van der Waals surface area contributed by atoms with E-state index in [1.54, 1.807) is 0 Å². The Labute approximate surface area is 130 Å². The third kappa shape index (κ3) is 3.92. The molecule has 1 aromatic carbocycles. The normalized spacial score (nSPS) is 18.9. The summed E-state index contributed by atoms with van der Waals surface area (Å²) in [6, 6.07) is 7.91. The van der Waals surface area contributed by atoms with Gasteiger partial charge in [-0.1, -0.05) is 24.2 Å². The Balaban J connectivity index is 2.00. The molecule has 0 N–H and O–H groups in total. The number of ether oxygens (including phenoxy) is 1. The van der Waals surface area contributed by atoms with Crippen LogP contribution < -0.4 is 4.74 Å². The number of likely N-dealkylation sites (tertiary alicyclic amines) is 1. The maximum Gasteiger partial charge on any atom is 0.223 e. The van der Waals surface area contributed by atoms with Gasteiger partial charge in [0, 0.05) is 24.4 Å². The smallest absolute Gasteiger partial charge is 0.223 e. The van der Waals surface area contributed by atoms with Gasteiger partial charge in [0.2, 0.25) is 5.91 Å². The van der Waals surface area contributed by atoms with Crippen LogP contribution in [0.15, 0.2) is 29.4 Å². The second kappa shape index (κ2) is 7.71. The molecule has 1 saturated heterocycles. The molecule has 22 heavy (non-hydrogen) atoms. The van der Waals surface area contributed by atoms with Gasteiger partial charge in [-0.25, -0.2) is 0 Å². The number of azide groups is 1. The number of amides is 1. The van der Waals surface area contributed by atoms with E-state index < -0.39 is 0 Å². The number of hydrogen-bond acceptors (Lipinski definition) is 3. The predicted molar refractivity (Wildman–Crippen MR) is 84.5 cm³/mol. The van der Waals surface area contributed by atoms with Crippen LogP contribution in [0.3, 0.4) is 0 Å². The Morgan fingerprint density at radius 1 is 1.45 bits per heavy atom. The van der Waals surface area contributed by atoms with Crippen LogP contribution in [-0.4, -0.2) is 30.5 Å². The largest absolute Gasteiger partial charge is 0.494 e. The molecule has 2 atom stereocenters. The molecule has 1 amide bonds. The molecule has 118 valence electrons. The van der Waals surface area contributed by atoms with Crippen molar-refractivity contribution in [1.29, 1.82) is 0 Å². The first-order valence-corrected chi connectivity index (χ1v) is 7.68.